The predicted molar refractivity (Wildman–Crippen MR) is 108 cm³/mol. The second-order valence-corrected chi connectivity index (χ2v) is 7.30. The van der Waals surface area contributed by atoms with Gasteiger partial charge in [0.1, 0.15) is 12.4 Å². The number of halogens is 1. The van der Waals surface area contributed by atoms with Crippen LogP contribution in [0.2, 0.25) is 5.02 Å². The second-order valence-electron chi connectivity index (χ2n) is 6.86. The van der Waals surface area contributed by atoms with Gasteiger partial charge in [-0.15, -0.1) is 0 Å². The minimum Gasteiger partial charge on any atom is -0.492 e. The topological polar surface area (TPSA) is 67.6 Å². The van der Waals surface area contributed by atoms with Crippen molar-refractivity contribution in [2.24, 2.45) is 11.7 Å². The Hall–Kier alpha value is -2.08. The summed E-state index contributed by atoms with van der Waals surface area (Å²) in [5, 5.41) is 3.59. The van der Waals surface area contributed by atoms with Crippen molar-refractivity contribution in [3.63, 3.8) is 0 Å². The molecule has 1 amide bonds. The summed E-state index contributed by atoms with van der Waals surface area (Å²) in [6, 6.07) is 17.6. The van der Waals surface area contributed by atoms with E-state index in [1.807, 2.05) is 18.2 Å². The summed E-state index contributed by atoms with van der Waals surface area (Å²) < 4.78 is 5.59. The Balaban J connectivity index is 1.41. The van der Waals surface area contributed by atoms with Crippen molar-refractivity contribution < 1.29 is 9.53 Å². The van der Waals surface area contributed by atoms with Crippen LogP contribution >= 0.6 is 11.6 Å². The van der Waals surface area contributed by atoms with Gasteiger partial charge < -0.3 is 15.8 Å². The number of amides is 1. The van der Waals surface area contributed by atoms with Gasteiger partial charge in [-0.3, -0.25) is 9.69 Å². The van der Waals surface area contributed by atoms with E-state index in [4.69, 9.17) is 22.1 Å². The van der Waals surface area contributed by atoms with Gasteiger partial charge in [-0.25, -0.2) is 0 Å². The maximum absolute atomic E-state index is 12.2. The number of hydrogen-bond donors (Lipinski definition) is 2. The van der Waals surface area contributed by atoms with Crippen LogP contribution in [-0.4, -0.2) is 50.1 Å². The van der Waals surface area contributed by atoms with E-state index < -0.39 is 0 Å². The van der Waals surface area contributed by atoms with Crippen LogP contribution in [-0.2, 0) is 4.79 Å². The van der Waals surface area contributed by atoms with Crippen LogP contribution < -0.4 is 15.8 Å². The first-order chi connectivity index (χ1) is 13.2. The third-order valence-electron chi connectivity index (χ3n) is 4.92. The maximum Gasteiger partial charge on any atom is 0.234 e. The van der Waals surface area contributed by atoms with E-state index in [9.17, 15) is 4.79 Å². The Morgan fingerprint density at radius 3 is 2.59 bits per heavy atom. The fraction of sp³-hybridized carbons (Fsp3) is 0.381. The van der Waals surface area contributed by atoms with Crippen molar-refractivity contribution in [2.45, 2.75) is 5.92 Å². The van der Waals surface area contributed by atoms with Gasteiger partial charge in [-0.1, -0.05) is 41.9 Å². The number of nitrogens with zero attached hydrogens (tertiary/aromatic N) is 1. The molecule has 0 unspecified atom stereocenters. The Bertz CT molecular complexity index is 724. The molecule has 1 aliphatic rings. The third kappa shape index (κ3) is 5.70. The molecule has 144 valence electrons. The maximum atomic E-state index is 12.2. The number of carbonyl (C=O) groups is 1. The highest BCUT2D eigenvalue weighted by Gasteiger charge is 2.33. The Kier molecular flexibility index (Phi) is 7.10. The number of hydrogen-bond acceptors (Lipinski definition) is 4. The third-order valence-corrected chi connectivity index (χ3v) is 5.17. The minimum absolute atomic E-state index is 0.0131. The number of rotatable bonds is 8. The van der Waals surface area contributed by atoms with E-state index in [-0.39, 0.29) is 5.91 Å². The largest absolute Gasteiger partial charge is 0.492 e. The molecule has 1 heterocycles. The molecule has 6 heteroatoms. The van der Waals surface area contributed by atoms with Crippen LogP contribution in [0, 0.1) is 5.92 Å². The highest BCUT2D eigenvalue weighted by Crippen LogP contribution is 2.31. The molecule has 0 bridgehead atoms. The quantitative estimate of drug-likeness (QED) is 0.683. The molecule has 2 aromatic rings. The fourth-order valence-electron chi connectivity index (χ4n) is 3.56. The molecule has 0 spiro atoms. The van der Waals surface area contributed by atoms with E-state index in [0.717, 1.165) is 18.8 Å². The monoisotopic (exact) mass is 387 g/mol. The number of likely N-dealkylation sites (tertiary alicyclic amines) is 1. The minimum atomic E-state index is 0.0131. The normalized spacial score (nSPS) is 19.8. The van der Waals surface area contributed by atoms with E-state index in [0.29, 0.717) is 43.1 Å². The molecular formula is C21H26ClN3O2. The molecule has 3 rings (SSSR count). The number of ether oxygens (including phenoxy) is 1. The average Bonchev–Trinajstić information content (AvgIpc) is 3.10. The van der Waals surface area contributed by atoms with Crippen LogP contribution in [0.25, 0.3) is 0 Å². The first-order valence-electron chi connectivity index (χ1n) is 9.28. The van der Waals surface area contributed by atoms with Crippen LogP contribution in [0.5, 0.6) is 5.75 Å². The van der Waals surface area contributed by atoms with E-state index in [1.165, 1.54) is 5.56 Å². The number of nitrogens with two attached hydrogens (primary N) is 1. The summed E-state index contributed by atoms with van der Waals surface area (Å²) in [5.41, 5.74) is 7.26. The molecule has 1 aliphatic heterocycles. The second kappa shape index (κ2) is 9.74. The highest BCUT2D eigenvalue weighted by atomic mass is 35.5. The van der Waals surface area contributed by atoms with Gasteiger partial charge in [0.05, 0.1) is 13.1 Å². The molecular weight excluding hydrogens is 362 g/mol. The smallest absolute Gasteiger partial charge is 0.234 e. The van der Waals surface area contributed by atoms with Gasteiger partial charge in [-0.2, -0.15) is 0 Å². The SMILES string of the molecule is NC[C@@H]1CN(CC(=O)NCCOc2ccc(Cl)cc2)C[C@H]1c1ccccc1. The number of benzene rings is 2. The summed E-state index contributed by atoms with van der Waals surface area (Å²) >= 11 is 5.84. The number of nitrogens with one attached hydrogen (secondary N) is 1. The fourth-order valence-corrected chi connectivity index (χ4v) is 3.68. The zero-order chi connectivity index (χ0) is 19.1. The summed E-state index contributed by atoms with van der Waals surface area (Å²) in [6.45, 7) is 3.63. The molecule has 0 saturated carbocycles. The summed E-state index contributed by atoms with van der Waals surface area (Å²) in [5.74, 6) is 1.52. The number of carbonyl (C=O) groups excluding carboxylic acids is 1. The van der Waals surface area contributed by atoms with Gasteiger partial charge in [0, 0.05) is 24.0 Å². The van der Waals surface area contributed by atoms with Crippen molar-refractivity contribution in [3.05, 3.63) is 65.2 Å². The van der Waals surface area contributed by atoms with Crippen LogP contribution in [0.3, 0.4) is 0 Å². The van der Waals surface area contributed by atoms with Gasteiger partial charge in [-0.05, 0) is 42.3 Å². The Labute approximate surface area is 165 Å². The first-order valence-corrected chi connectivity index (χ1v) is 9.66. The van der Waals surface area contributed by atoms with E-state index >= 15 is 0 Å². The van der Waals surface area contributed by atoms with Gasteiger partial charge in [0.2, 0.25) is 5.91 Å². The predicted octanol–water partition coefficient (Wildman–Crippen LogP) is 2.51. The van der Waals surface area contributed by atoms with Gasteiger partial charge >= 0.3 is 0 Å². The molecule has 2 atom stereocenters. The van der Waals surface area contributed by atoms with Crippen molar-refractivity contribution in [3.8, 4) is 5.75 Å². The van der Waals surface area contributed by atoms with Crippen molar-refractivity contribution in [2.75, 3.05) is 39.3 Å². The summed E-state index contributed by atoms with van der Waals surface area (Å²) in [6.07, 6.45) is 0. The van der Waals surface area contributed by atoms with Crippen molar-refractivity contribution >= 4 is 17.5 Å². The van der Waals surface area contributed by atoms with E-state index in [1.54, 1.807) is 12.1 Å². The molecule has 0 aromatic heterocycles. The van der Waals surface area contributed by atoms with Crippen molar-refractivity contribution in [1.82, 2.24) is 10.2 Å². The molecule has 2 aromatic carbocycles. The lowest BCUT2D eigenvalue weighted by Gasteiger charge is -2.16. The molecule has 27 heavy (non-hydrogen) atoms. The van der Waals surface area contributed by atoms with Gasteiger partial charge in [0.15, 0.2) is 0 Å². The molecule has 1 saturated heterocycles. The van der Waals surface area contributed by atoms with Crippen LogP contribution in [0.1, 0.15) is 11.5 Å². The molecule has 5 nitrogen and oxygen atoms in total. The molecule has 1 fully saturated rings. The zero-order valence-electron chi connectivity index (χ0n) is 15.3. The highest BCUT2D eigenvalue weighted by molar-refractivity contribution is 6.30. The summed E-state index contributed by atoms with van der Waals surface area (Å²) in [7, 11) is 0. The van der Waals surface area contributed by atoms with E-state index in [2.05, 4.69) is 34.5 Å². The van der Waals surface area contributed by atoms with Crippen LogP contribution in [0.15, 0.2) is 54.6 Å². The summed E-state index contributed by atoms with van der Waals surface area (Å²) in [4.78, 5) is 14.4. The standard InChI is InChI=1S/C21H26ClN3O2/c22-18-6-8-19(9-7-18)27-11-10-24-21(26)15-25-13-17(12-23)20(14-25)16-4-2-1-3-5-16/h1-9,17,20H,10-15,23H2,(H,24,26)/t17-,20+/m1/s1. The molecule has 0 aliphatic carbocycles. The van der Waals surface area contributed by atoms with Crippen LogP contribution in [0.4, 0.5) is 0 Å². The lowest BCUT2D eigenvalue weighted by molar-refractivity contribution is -0.122. The van der Waals surface area contributed by atoms with Gasteiger partial charge in [0.25, 0.3) is 0 Å². The Morgan fingerprint density at radius 2 is 1.89 bits per heavy atom. The Morgan fingerprint density at radius 1 is 1.15 bits per heavy atom. The molecule has 3 N–H and O–H groups in total. The average molecular weight is 388 g/mol. The lowest BCUT2D eigenvalue weighted by atomic mass is 9.89. The molecule has 0 radical (unpaired) electrons. The first kappa shape index (κ1) is 19.7. The van der Waals surface area contributed by atoms with Crippen molar-refractivity contribution in [1.29, 1.82) is 0 Å². The zero-order valence-corrected chi connectivity index (χ0v) is 16.1. The lowest BCUT2D eigenvalue weighted by Crippen LogP contribution is -2.38.